The second-order valence-corrected chi connectivity index (χ2v) is 15.3. The molecule has 2 aromatic rings. The number of H-pyrrole nitrogens is 1. The number of nitrogens with one attached hydrogen (secondary N) is 2. The summed E-state index contributed by atoms with van der Waals surface area (Å²) >= 11 is 0. The summed E-state index contributed by atoms with van der Waals surface area (Å²) in [5.74, 6) is -0.296. The predicted octanol–water partition coefficient (Wildman–Crippen LogP) is 4.42. The van der Waals surface area contributed by atoms with Crippen molar-refractivity contribution in [3.63, 3.8) is 0 Å². The summed E-state index contributed by atoms with van der Waals surface area (Å²) < 4.78 is 20.3. The molecule has 0 radical (unpaired) electrons. The van der Waals surface area contributed by atoms with Crippen molar-refractivity contribution < 1.29 is 14.1 Å². The number of nitro groups is 1. The third-order valence-electron chi connectivity index (χ3n) is 5.92. The molecular formula is C22H34FN5O3Si. The first-order valence-corrected chi connectivity index (χ1v) is 14.9. The Kier molecular flexibility index (Phi) is 8.02. The molecule has 3 rings (SSSR count). The van der Waals surface area contributed by atoms with E-state index in [0.717, 1.165) is 37.5 Å². The van der Waals surface area contributed by atoms with Crippen molar-refractivity contribution in [2.45, 2.75) is 57.5 Å². The van der Waals surface area contributed by atoms with Gasteiger partial charge in [-0.15, -0.1) is 5.10 Å². The minimum atomic E-state index is -1.22. The number of para-hydroxylation sites is 1. The zero-order valence-corrected chi connectivity index (χ0v) is 20.4. The summed E-state index contributed by atoms with van der Waals surface area (Å²) in [6, 6.07) is 6.01. The molecule has 10 heteroatoms. The molecular weight excluding hydrogens is 429 g/mol. The fraction of sp³-hybridized carbons (Fsp3) is 0.591. The van der Waals surface area contributed by atoms with Crippen LogP contribution in [0.25, 0.3) is 0 Å². The van der Waals surface area contributed by atoms with Gasteiger partial charge in [-0.3, -0.25) is 0 Å². The highest BCUT2D eigenvalue weighted by Crippen LogP contribution is 2.29. The van der Waals surface area contributed by atoms with E-state index in [4.69, 9.17) is 4.74 Å². The van der Waals surface area contributed by atoms with Crippen LogP contribution >= 0.6 is 0 Å². The van der Waals surface area contributed by atoms with Gasteiger partial charge in [-0.25, -0.2) is 4.39 Å². The van der Waals surface area contributed by atoms with Crippen LogP contribution in [0.3, 0.4) is 0 Å². The molecule has 0 aliphatic carbocycles. The Morgan fingerprint density at radius 3 is 2.72 bits per heavy atom. The number of rotatable bonds is 10. The van der Waals surface area contributed by atoms with E-state index < -0.39 is 13.0 Å². The van der Waals surface area contributed by atoms with Gasteiger partial charge in [0, 0.05) is 33.8 Å². The average Bonchev–Trinajstić information content (AvgIpc) is 3.21. The molecule has 0 amide bonds. The molecule has 1 atom stereocenters. The lowest BCUT2D eigenvalue weighted by Crippen LogP contribution is -2.45. The van der Waals surface area contributed by atoms with Gasteiger partial charge in [0.25, 0.3) is 0 Å². The van der Waals surface area contributed by atoms with Crippen molar-refractivity contribution in [1.82, 2.24) is 15.5 Å². The molecule has 1 saturated heterocycles. The number of piperidine rings is 1. The molecule has 1 fully saturated rings. The average molecular weight is 464 g/mol. The van der Waals surface area contributed by atoms with Gasteiger partial charge in [-0.05, 0) is 42.4 Å². The minimum absolute atomic E-state index is 0.101. The van der Waals surface area contributed by atoms with Gasteiger partial charge in [0.1, 0.15) is 5.82 Å². The lowest BCUT2D eigenvalue weighted by molar-refractivity contribution is -0.390. The lowest BCUT2D eigenvalue weighted by Gasteiger charge is -2.36. The third kappa shape index (κ3) is 6.36. The maximum atomic E-state index is 14.4. The largest absolute Gasteiger partial charge is 0.380 e. The second-order valence-electron chi connectivity index (χ2n) is 9.70. The maximum Gasteiger partial charge on any atom is 0.347 e. The monoisotopic (exact) mass is 463 g/mol. The Bertz CT molecular complexity index is 889. The zero-order valence-electron chi connectivity index (χ0n) is 19.4. The van der Waals surface area contributed by atoms with Crippen LogP contribution in [-0.4, -0.2) is 55.5 Å². The summed E-state index contributed by atoms with van der Waals surface area (Å²) in [6.07, 6.45) is 3.13. The maximum absolute atomic E-state index is 14.4. The number of aromatic amines is 1. The van der Waals surface area contributed by atoms with Crippen molar-refractivity contribution in [3.8, 4) is 0 Å². The summed E-state index contributed by atoms with van der Waals surface area (Å²) in [5, 5.41) is 21.4. The smallest absolute Gasteiger partial charge is 0.347 e. The minimum Gasteiger partial charge on any atom is -0.380 e. The summed E-state index contributed by atoms with van der Waals surface area (Å²) in [7, 11) is -1.22. The first kappa shape index (κ1) is 24.3. The van der Waals surface area contributed by atoms with Crippen molar-refractivity contribution in [2.75, 3.05) is 31.2 Å². The molecule has 1 aromatic heterocycles. The van der Waals surface area contributed by atoms with Gasteiger partial charge in [0.2, 0.25) is 0 Å². The Hall–Kier alpha value is -2.30. The van der Waals surface area contributed by atoms with Gasteiger partial charge in [-0.1, -0.05) is 36.9 Å². The van der Waals surface area contributed by atoms with E-state index in [2.05, 4.69) is 40.1 Å². The standard InChI is InChI=1S/C22H34FN5O3Si/c1-16-6-5-7-19(23)21(16)27-10-8-17(9-11-27)25-20(15-31-12-13-32(2,3)4)18-14-24-26-22(18)28(29)30/h5-7,14,17,20,25H,8-13,15H2,1-4H3,(H,24,26). The van der Waals surface area contributed by atoms with Crippen molar-refractivity contribution in [1.29, 1.82) is 0 Å². The topological polar surface area (TPSA) is 96.3 Å². The van der Waals surface area contributed by atoms with Crippen LogP contribution in [0.1, 0.15) is 30.0 Å². The van der Waals surface area contributed by atoms with Gasteiger partial charge >= 0.3 is 5.82 Å². The van der Waals surface area contributed by atoms with E-state index in [9.17, 15) is 14.5 Å². The number of aryl methyl sites for hydroxylation is 1. The molecule has 1 aromatic carbocycles. The van der Waals surface area contributed by atoms with E-state index in [1.54, 1.807) is 6.07 Å². The number of aromatic nitrogens is 2. The summed E-state index contributed by atoms with van der Waals surface area (Å²) in [6.45, 7) is 11.2. The number of nitrogens with zero attached hydrogens (tertiary/aromatic N) is 3. The number of halogens is 1. The SMILES string of the molecule is Cc1cccc(F)c1N1CCC(NC(COCC[Si](C)(C)C)c2cn[nH]c2[N+](=O)[O-])CC1. The molecule has 2 heterocycles. The number of ether oxygens (including phenoxy) is 1. The van der Waals surface area contributed by atoms with Crippen molar-refractivity contribution >= 4 is 19.6 Å². The Balaban J connectivity index is 1.64. The van der Waals surface area contributed by atoms with Crippen LogP contribution in [0.15, 0.2) is 24.4 Å². The van der Waals surface area contributed by atoms with Crippen LogP contribution < -0.4 is 10.2 Å². The normalized spacial score (nSPS) is 16.3. The Morgan fingerprint density at radius 2 is 2.09 bits per heavy atom. The number of hydrogen-bond donors (Lipinski definition) is 2. The Labute approximate surface area is 189 Å². The van der Waals surface area contributed by atoms with Crippen LogP contribution in [0.4, 0.5) is 15.9 Å². The molecule has 32 heavy (non-hydrogen) atoms. The molecule has 0 spiro atoms. The first-order valence-electron chi connectivity index (χ1n) is 11.2. The zero-order chi connectivity index (χ0) is 23.3. The van der Waals surface area contributed by atoms with Gasteiger partial charge in [0.05, 0.1) is 30.1 Å². The molecule has 1 aliphatic heterocycles. The molecule has 1 unspecified atom stereocenters. The second kappa shape index (κ2) is 10.5. The number of hydrogen-bond acceptors (Lipinski definition) is 6. The van der Waals surface area contributed by atoms with E-state index in [0.29, 0.717) is 24.5 Å². The fourth-order valence-electron chi connectivity index (χ4n) is 4.07. The van der Waals surface area contributed by atoms with Crippen LogP contribution in [-0.2, 0) is 4.74 Å². The number of anilines is 1. The van der Waals surface area contributed by atoms with E-state index in [-0.39, 0.29) is 23.7 Å². The Morgan fingerprint density at radius 1 is 1.38 bits per heavy atom. The summed E-state index contributed by atoms with van der Waals surface area (Å²) in [4.78, 5) is 13.1. The molecule has 0 saturated carbocycles. The van der Waals surface area contributed by atoms with Crippen LogP contribution in [0.5, 0.6) is 0 Å². The third-order valence-corrected chi connectivity index (χ3v) is 7.63. The van der Waals surface area contributed by atoms with E-state index in [1.165, 1.54) is 12.3 Å². The van der Waals surface area contributed by atoms with Gasteiger partial charge in [-0.2, -0.15) is 0 Å². The highest BCUT2D eigenvalue weighted by atomic mass is 28.3. The number of benzene rings is 1. The summed E-state index contributed by atoms with van der Waals surface area (Å²) in [5.41, 5.74) is 2.11. The van der Waals surface area contributed by atoms with E-state index in [1.807, 2.05) is 13.0 Å². The van der Waals surface area contributed by atoms with Crippen molar-refractivity contribution in [3.05, 3.63) is 51.5 Å². The molecule has 2 N–H and O–H groups in total. The predicted molar refractivity (Wildman–Crippen MR) is 126 cm³/mol. The quantitative estimate of drug-likeness (QED) is 0.234. The van der Waals surface area contributed by atoms with Crippen molar-refractivity contribution in [2.24, 2.45) is 0 Å². The van der Waals surface area contributed by atoms with Crippen LogP contribution in [0, 0.1) is 22.9 Å². The van der Waals surface area contributed by atoms with Gasteiger partial charge < -0.3 is 25.1 Å². The van der Waals surface area contributed by atoms with E-state index >= 15 is 0 Å². The van der Waals surface area contributed by atoms with Crippen LogP contribution in [0.2, 0.25) is 25.7 Å². The highest BCUT2D eigenvalue weighted by molar-refractivity contribution is 6.76. The highest BCUT2D eigenvalue weighted by Gasteiger charge is 2.29. The molecule has 8 nitrogen and oxygen atoms in total. The fourth-order valence-corrected chi connectivity index (χ4v) is 4.83. The van der Waals surface area contributed by atoms with Gasteiger partial charge in [0.15, 0.2) is 0 Å². The first-order chi connectivity index (χ1) is 15.2. The molecule has 176 valence electrons. The lowest BCUT2D eigenvalue weighted by atomic mass is 10.0. The molecule has 0 bridgehead atoms. The molecule has 1 aliphatic rings.